The second-order valence-electron chi connectivity index (χ2n) is 5.62. The molecular formula is C16H26FN. The third-order valence-electron chi connectivity index (χ3n) is 3.79. The lowest BCUT2D eigenvalue weighted by molar-refractivity contribution is 0.300. The molecule has 18 heavy (non-hydrogen) atoms. The van der Waals surface area contributed by atoms with E-state index < -0.39 is 0 Å². The van der Waals surface area contributed by atoms with Crippen LogP contribution in [-0.4, -0.2) is 6.54 Å². The average molecular weight is 251 g/mol. The third-order valence-corrected chi connectivity index (χ3v) is 3.79. The highest BCUT2D eigenvalue weighted by Crippen LogP contribution is 2.32. The summed E-state index contributed by atoms with van der Waals surface area (Å²) in [6.45, 7) is 13.4. The predicted molar refractivity (Wildman–Crippen MR) is 76.3 cm³/mol. The van der Waals surface area contributed by atoms with Gasteiger partial charge in [0.2, 0.25) is 0 Å². The first-order chi connectivity index (χ1) is 8.38. The van der Waals surface area contributed by atoms with Crippen molar-refractivity contribution in [3.63, 3.8) is 0 Å². The summed E-state index contributed by atoms with van der Waals surface area (Å²) >= 11 is 0. The molecule has 2 heteroatoms. The number of nitrogens with one attached hydrogen (secondary N) is 1. The van der Waals surface area contributed by atoms with E-state index in [9.17, 15) is 4.39 Å². The van der Waals surface area contributed by atoms with Crippen molar-refractivity contribution < 1.29 is 4.39 Å². The van der Waals surface area contributed by atoms with Gasteiger partial charge in [0.05, 0.1) is 0 Å². The minimum atomic E-state index is -0.0778. The van der Waals surface area contributed by atoms with Crippen LogP contribution in [0, 0.1) is 31.5 Å². The standard InChI is InChI=1S/C16H26FN/c1-7-18-16(13(6)10(2)3)15-12(5)8-11(4)9-14(15)17/h8-10,13,16,18H,7H2,1-6H3. The second-order valence-corrected chi connectivity index (χ2v) is 5.62. The number of hydrogen-bond donors (Lipinski definition) is 1. The minimum absolute atomic E-state index is 0.0778. The van der Waals surface area contributed by atoms with E-state index in [2.05, 4.69) is 39.1 Å². The Bertz CT molecular complexity index is 375. The first-order valence-corrected chi connectivity index (χ1v) is 6.88. The van der Waals surface area contributed by atoms with Gasteiger partial charge in [-0.3, -0.25) is 0 Å². The molecule has 2 atom stereocenters. The SMILES string of the molecule is CCNC(c1c(C)cc(C)cc1F)C(C)C(C)C. The first-order valence-electron chi connectivity index (χ1n) is 6.88. The number of halogens is 1. The van der Waals surface area contributed by atoms with Crippen molar-refractivity contribution in [2.45, 2.75) is 47.6 Å². The minimum Gasteiger partial charge on any atom is -0.310 e. The van der Waals surface area contributed by atoms with Gasteiger partial charge in [0.1, 0.15) is 5.82 Å². The third kappa shape index (κ3) is 3.32. The van der Waals surface area contributed by atoms with E-state index in [0.29, 0.717) is 11.8 Å². The summed E-state index contributed by atoms with van der Waals surface area (Å²) in [5.74, 6) is 0.848. The molecule has 1 N–H and O–H groups in total. The van der Waals surface area contributed by atoms with Gasteiger partial charge < -0.3 is 5.32 Å². The van der Waals surface area contributed by atoms with Crippen molar-refractivity contribution in [1.29, 1.82) is 0 Å². The van der Waals surface area contributed by atoms with Gasteiger partial charge in [-0.05, 0) is 49.4 Å². The van der Waals surface area contributed by atoms with Gasteiger partial charge in [0, 0.05) is 11.6 Å². The lowest BCUT2D eigenvalue weighted by Gasteiger charge is -2.30. The van der Waals surface area contributed by atoms with Crippen LogP contribution >= 0.6 is 0 Å². The summed E-state index contributed by atoms with van der Waals surface area (Å²) in [5, 5.41) is 3.44. The second kappa shape index (κ2) is 6.33. The van der Waals surface area contributed by atoms with Crippen molar-refractivity contribution in [2.24, 2.45) is 11.8 Å². The normalized spacial score (nSPS) is 14.9. The topological polar surface area (TPSA) is 12.0 Å². The molecular weight excluding hydrogens is 225 g/mol. The van der Waals surface area contributed by atoms with Crippen LogP contribution in [0.15, 0.2) is 12.1 Å². The summed E-state index contributed by atoms with van der Waals surface area (Å²) < 4.78 is 14.3. The van der Waals surface area contributed by atoms with E-state index in [-0.39, 0.29) is 11.9 Å². The van der Waals surface area contributed by atoms with Crippen molar-refractivity contribution in [1.82, 2.24) is 5.32 Å². The quantitative estimate of drug-likeness (QED) is 0.818. The fourth-order valence-electron chi connectivity index (χ4n) is 2.48. The van der Waals surface area contributed by atoms with Crippen LogP contribution in [0.4, 0.5) is 4.39 Å². The molecule has 102 valence electrons. The van der Waals surface area contributed by atoms with Gasteiger partial charge >= 0.3 is 0 Å². The molecule has 0 radical (unpaired) electrons. The summed E-state index contributed by atoms with van der Waals surface area (Å²) in [4.78, 5) is 0. The zero-order valence-electron chi connectivity index (χ0n) is 12.5. The summed E-state index contributed by atoms with van der Waals surface area (Å²) in [5.41, 5.74) is 2.87. The summed E-state index contributed by atoms with van der Waals surface area (Å²) in [6.07, 6.45) is 0. The van der Waals surface area contributed by atoms with E-state index in [4.69, 9.17) is 0 Å². The number of hydrogen-bond acceptors (Lipinski definition) is 1. The van der Waals surface area contributed by atoms with E-state index >= 15 is 0 Å². The van der Waals surface area contributed by atoms with Crippen LogP contribution in [0.3, 0.4) is 0 Å². The van der Waals surface area contributed by atoms with Gasteiger partial charge in [-0.1, -0.05) is 33.8 Å². The average Bonchev–Trinajstić information content (AvgIpc) is 2.25. The number of aryl methyl sites for hydroxylation is 2. The molecule has 0 heterocycles. The lowest BCUT2D eigenvalue weighted by Crippen LogP contribution is -2.31. The van der Waals surface area contributed by atoms with Crippen molar-refractivity contribution in [3.05, 3.63) is 34.6 Å². The highest BCUT2D eigenvalue weighted by molar-refractivity contribution is 5.34. The van der Waals surface area contributed by atoms with Crippen LogP contribution in [-0.2, 0) is 0 Å². The fraction of sp³-hybridized carbons (Fsp3) is 0.625. The summed E-state index contributed by atoms with van der Waals surface area (Å²) in [6, 6.07) is 3.80. The van der Waals surface area contributed by atoms with E-state index in [1.54, 1.807) is 6.07 Å². The Morgan fingerprint density at radius 3 is 2.22 bits per heavy atom. The molecule has 1 aromatic carbocycles. The number of benzene rings is 1. The van der Waals surface area contributed by atoms with E-state index in [1.807, 2.05) is 13.8 Å². The molecule has 1 rings (SSSR count). The highest BCUT2D eigenvalue weighted by Gasteiger charge is 2.25. The van der Waals surface area contributed by atoms with Crippen LogP contribution in [0.1, 0.15) is 50.4 Å². The Kier molecular flexibility index (Phi) is 5.33. The lowest BCUT2D eigenvalue weighted by atomic mass is 9.83. The molecule has 0 saturated carbocycles. The molecule has 2 unspecified atom stereocenters. The van der Waals surface area contributed by atoms with Crippen molar-refractivity contribution >= 4 is 0 Å². The molecule has 1 nitrogen and oxygen atoms in total. The zero-order valence-corrected chi connectivity index (χ0v) is 12.5. The molecule has 0 fully saturated rings. The predicted octanol–water partition coefficient (Wildman–Crippen LogP) is 4.39. The molecule has 1 aromatic rings. The molecule has 0 saturated heterocycles. The highest BCUT2D eigenvalue weighted by atomic mass is 19.1. The van der Waals surface area contributed by atoms with Crippen molar-refractivity contribution in [3.8, 4) is 0 Å². The van der Waals surface area contributed by atoms with Crippen LogP contribution < -0.4 is 5.32 Å². The van der Waals surface area contributed by atoms with Crippen molar-refractivity contribution in [2.75, 3.05) is 6.54 Å². The molecule has 0 amide bonds. The molecule has 0 spiro atoms. The molecule has 0 aliphatic heterocycles. The molecule has 0 aliphatic rings. The van der Waals surface area contributed by atoms with Gasteiger partial charge in [0.25, 0.3) is 0 Å². The molecule has 0 bridgehead atoms. The van der Waals surface area contributed by atoms with E-state index in [1.165, 1.54) is 0 Å². The van der Waals surface area contributed by atoms with Crippen LogP contribution in [0.25, 0.3) is 0 Å². The Morgan fingerprint density at radius 2 is 1.78 bits per heavy atom. The maximum absolute atomic E-state index is 14.3. The zero-order chi connectivity index (χ0) is 13.9. The van der Waals surface area contributed by atoms with E-state index in [0.717, 1.165) is 23.2 Å². The maximum Gasteiger partial charge on any atom is 0.128 e. The first kappa shape index (κ1) is 15.2. The Labute approximate surface area is 111 Å². The monoisotopic (exact) mass is 251 g/mol. The smallest absolute Gasteiger partial charge is 0.128 e. The summed E-state index contributed by atoms with van der Waals surface area (Å²) in [7, 11) is 0. The Morgan fingerprint density at radius 1 is 1.17 bits per heavy atom. The maximum atomic E-state index is 14.3. The Hall–Kier alpha value is -0.890. The van der Waals surface area contributed by atoms with Gasteiger partial charge in [-0.25, -0.2) is 4.39 Å². The largest absolute Gasteiger partial charge is 0.310 e. The Balaban J connectivity index is 3.21. The van der Waals surface area contributed by atoms with Crippen LogP contribution in [0.2, 0.25) is 0 Å². The molecule has 0 aromatic heterocycles. The van der Waals surface area contributed by atoms with Gasteiger partial charge in [0.15, 0.2) is 0 Å². The van der Waals surface area contributed by atoms with Crippen LogP contribution in [0.5, 0.6) is 0 Å². The van der Waals surface area contributed by atoms with Gasteiger partial charge in [-0.2, -0.15) is 0 Å². The number of rotatable bonds is 5. The van der Waals surface area contributed by atoms with Gasteiger partial charge in [-0.15, -0.1) is 0 Å². The fourth-order valence-corrected chi connectivity index (χ4v) is 2.48. The molecule has 0 aliphatic carbocycles.